The third-order valence-electron chi connectivity index (χ3n) is 6.37. The van der Waals surface area contributed by atoms with Gasteiger partial charge in [0.1, 0.15) is 12.4 Å². The second-order valence-electron chi connectivity index (χ2n) is 8.99. The summed E-state index contributed by atoms with van der Waals surface area (Å²) in [5.74, 6) is 0.694. The number of fused-ring (bicyclic) bond motifs is 2. The molecule has 0 amide bonds. The zero-order valence-electron chi connectivity index (χ0n) is 20.2. The summed E-state index contributed by atoms with van der Waals surface area (Å²) in [7, 11) is 1.89. The highest BCUT2D eigenvalue weighted by Crippen LogP contribution is 2.21. The van der Waals surface area contributed by atoms with Gasteiger partial charge in [-0.1, -0.05) is 24.3 Å². The predicted molar refractivity (Wildman–Crippen MR) is 139 cm³/mol. The molecule has 0 unspecified atom stereocenters. The Morgan fingerprint density at radius 1 is 1.08 bits per heavy atom. The quantitative estimate of drug-likeness (QED) is 0.282. The fourth-order valence-electron chi connectivity index (χ4n) is 4.67. The number of aryl methyl sites for hydroxylation is 2. The van der Waals surface area contributed by atoms with Crippen molar-refractivity contribution >= 4 is 27.4 Å². The van der Waals surface area contributed by atoms with Crippen molar-refractivity contribution in [1.82, 2.24) is 38.4 Å². The van der Waals surface area contributed by atoms with Crippen molar-refractivity contribution < 1.29 is 0 Å². The first-order valence-corrected chi connectivity index (χ1v) is 12.6. The van der Waals surface area contributed by atoms with Crippen LogP contribution in [0.2, 0.25) is 0 Å². The van der Waals surface area contributed by atoms with Crippen LogP contribution in [0, 0.1) is 0 Å². The molecule has 0 saturated carbocycles. The van der Waals surface area contributed by atoms with Crippen LogP contribution in [-0.2, 0) is 44.5 Å². The number of imidazole rings is 2. The standard InChI is InChI=1S/C25H24N8O2S/c1-4-32-22-21(23(34)28-24(32)35)33(13-16-5-7-17(8-6-16)19-9-10-30(3)29-19)20(27-22)11-18-14-31-12-15(2)36-25(31)26-18/h5-10,14H,4,11-13H2,1-3H3/p+1. The monoisotopic (exact) mass is 501 g/mol. The van der Waals surface area contributed by atoms with E-state index in [0.29, 0.717) is 36.5 Å². The lowest BCUT2D eigenvalue weighted by Crippen LogP contribution is -2.30. The lowest BCUT2D eigenvalue weighted by atomic mass is 10.1. The van der Waals surface area contributed by atoms with E-state index in [0.717, 1.165) is 34.2 Å². The van der Waals surface area contributed by atoms with Crippen LogP contribution >= 0.6 is 0 Å². The molecule has 5 aromatic rings. The number of benzene rings is 1. The van der Waals surface area contributed by atoms with E-state index in [1.807, 2.05) is 61.3 Å². The van der Waals surface area contributed by atoms with E-state index in [1.165, 1.54) is 9.43 Å². The Bertz CT molecular complexity index is 1760. The van der Waals surface area contributed by atoms with Gasteiger partial charge in [0.05, 0.1) is 17.8 Å². The van der Waals surface area contributed by atoms with Crippen LogP contribution in [-0.4, -0.2) is 43.3 Å². The summed E-state index contributed by atoms with van der Waals surface area (Å²) in [4.78, 5) is 38.8. The third-order valence-corrected chi connectivity index (χ3v) is 7.36. The predicted octanol–water partition coefficient (Wildman–Crippen LogP) is 1.79. The average Bonchev–Trinajstić information content (AvgIpc) is 3.59. The fourth-order valence-corrected chi connectivity index (χ4v) is 5.58. The molecule has 0 aliphatic carbocycles. The summed E-state index contributed by atoms with van der Waals surface area (Å²) < 4.78 is 7.32. The van der Waals surface area contributed by atoms with Crippen molar-refractivity contribution in [2.24, 2.45) is 7.05 Å². The molecule has 1 aliphatic heterocycles. The fraction of sp³-hybridized carbons (Fsp3) is 0.280. The van der Waals surface area contributed by atoms with E-state index in [9.17, 15) is 9.59 Å². The normalized spacial score (nSPS) is 12.9. The molecule has 11 heteroatoms. The number of nitrogens with zero attached hydrogens (tertiary/aromatic N) is 7. The summed E-state index contributed by atoms with van der Waals surface area (Å²) in [6.45, 7) is 5.67. The number of aromatic amines is 1. The largest absolute Gasteiger partial charge is 0.403 e. The molecule has 0 atom stereocenters. The lowest BCUT2D eigenvalue weighted by molar-refractivity contribution is 0.717. The lowest BCUT2D eigenvalue weighted by Gasteiger charge is -2.09. The summed E-state index contributed by atoms with van der Waals surface area (Å²) in [5, 5.41) is 5.44. The number of hydrogen-bond donors (Lipinski definition) is 1. The van der Waals surface area contributed by atoms with Crippen molar-refractivity contribution in [1.29, 1.82) is 0 Å². The molecule has 1 aliphatic rings. The van der Waals surface area contributed by atoms with Crippen molar-refractivity contribution in [3.63, 3.8) is 0 Å². The molecule has 0 spiro atoms. The second kappa shape index (κ2) is 8.52. The Balaban J connectivity index is 1.43. The summed E-state index contributed by atoms with van der Waals surface area (Å²) in [5.41, 5.74) is 3.73. The van der Waals surface area contributed by atoms with E-state index in [-0.39, 0.29) is 0 Å². The highest BCUT2D eigenvalue weighted by molar-refractivity contribution is 7.78. The van der Waals surface area contributed by atoms with Crippen LogP contribution in [0.25, 0.3) is 22.4 Å². The van der Waals surface area contributed by atoms with Crippen molar-refractivity contribution in [3.05, 3.63) is 80.6 Å². The Kier molecular flexibility index (Phi) is 5.29. The minimum atomic E-state index is -0.450. The molecule has 1 aromatic carbocycles. The number of aromatic nitrogens is 8. The molecule has 0 saturated heterocycles. The van der Waals surface area contributed by atoms with Gasteiger partial charge < -0.3 is 4.57 Å². The first kappa shape index (κ1) is 22.4. The molecule has 0 fully saturated rings. The Morgan fingerprint density at radius 3 is 2.58 bits per heavy atom. The maximum absolute atomic E-state index is 13.0. The van der Waals surface area contributed by atoms with Crippen LogP contribution in [0.1, 0.15) is 30.9 Å². The van der Waals surface area contributed by atoms with Crippen LogP contribution in [0.5, 0.6) is 0 Å². The Morgan fingerprint density at radius 2 is 1.89 bits per heavy atom. The van der Waals surface area contributed by atoms with Crippen molar-refractivity contribution in [2.45, 2.75) is 45.1 Å². The third kappa shape index (κ3) is 3.81. The van der Waals surface area contributed by atoms with Crippen molar-refractivity contribution in [2.75, 3.05) is 0 Å². The molecule has 4 aromatic heterocycles. The number of hydrogen-bond acceptors (Lipinski definition) is 5. The zero-order valence-corrected chi connectivity index (χ0v) is 21.0. The van der Waals surface area contributed by atoms with E-state index >= 15 is 0 Å². The number of H-pyrrole nitrogens is 1. The Hall–Kier alpha value is -4.12. The van der Waals surface area contributed by atoms with Crippen LogP contribution in [0.3, 0.4) is 0 Å². The van der Waals surface area contributed by atoms with Gasteiger partial charge in [-0.3, -0.25) is 23.6 Å². The molecule has 1 N–H and O–H groups in total. The van der Waals surface area contributed by atoms with E-state index in [4.69, 9.17) is 9.97 Å². The van der Waals surface area contributed by atoms with Crippen LogP contribution < -0.4 is 11.2 Å². The first-order valence-electron chi connectivity index (χ1n) is 11.8. The van der Waals surface area contributed by atoms with Crippen LogP contribution in [0.15, 0.2) is 57.5 Å². The van der Waals surface area contributed by atoms with Gasteiger partial charge in [-0.15, -0.1) is 0 Å². The maximum Gasteiger partial charge on any atom is 0.403 e. The minimum absolute atomic E-state index is 0.394. The van der Waals surface area contributed by atoms with Gasteiger partial charge in [0.25, 0.3) is 16.9 Å². The van der Waals surface area contributed by atoms with Gasteiger partial charge in [-0.2, -0.15) is 10.1 Å². The van der Waals surface area contributed by atoms with Crippen molar-refractivity contribution in [3.8, 4) is 11.3 Å². The van der Waals surface area contributed by atoms with Crippen LogP contribution in [0.4, 0.5) is 0 Å². The van der Waals surface area contributed by atoms with Gasteiger partial charge in [-0.05, 0) is 18.6 Å². The first-order chi connectivity index (χ1) is 17.4. The zero-order chi connectivity index (χ0) is 25.0. The molecule has 5 heterocycles. The maximum atomic E-state index is 13.0. The molecule has 36 heavy (non-hydrogen) atoms. The molecule has 0 radical (unpaired) electrons. The SMILES string of the molecule is CCn1c(=O)[nH]c(=O)c2c1nc(Cc1cn3c(n1)[S+]=C(C)C3)n2Cc1ccc(-c2ccn(C)n2)cc1. The summed E-state index contributed by atoms with van der Waals surface area (Å²) in [6, 6.07) is 10.1. The van der Waals surface area contributed by atoms with Gasteiger partial charge in [0.15, 0.2) is 11.2 Å². The molecule has 6 rings (SSSR count). The smallest absolute Gasteiger partial charge is 0.317 e. The second-order valence-corrected chi connectivity index (χ2v) is 10.3. The molecular weight excluding hydrogens is 476 g/mol. The topological polar surface area (TPSA) is 108 Å². The number of nitrogens with one attached hydrogen (secondary N) is 1. The molecule has 10 nitrogen and oxygen atoms in total. The molecule has 0 bridgehead atoms. The van der Waals surface area contributed by atoms with Gasteiger partial charge in [-0.25, -0.2) is 9.78 Å². The summed E-state index contributed by atoms with van der Waals surface area (Å²) >= 11 is 1.68. The van der Waals surface area contributed by atoms with Gasteiger partial charge in [0.2, 0.25) is 4.86 Å². The van der Waals surface area contributed by atoms with Gasteiger partial charge >= 0.3 is 10.8 Å². The minimum Gasteiger partial charge on any atom is -0.317 e. The average molecular weight is 502 g/mol. The molecule has 182 valence electrons. The number of rotatable bonds is 6. The van der Waals surface area contributed by atoms with E-state index in [2.05, 4.69) is 21.6 Å². The van der Waals surface area contributed by atoms with E-state index < -0.39 is 11.2 Å². The van der Waals surface area contributed by atoms with E-state index in [1.54, 1.807) is 16.0 Å². The highest BCUT2D eigenvalue weighted by Gasteiger charge is 2.27. The summed E-state index contributed by atoms with van der Waals surface area (Å²) in [6.07, 6.45) is 4.41. The highest BCUT2D eigenvalue weighted by atomic mass is 32.1. The molecular formula is C25H25N8O2S+. The Labute approximate surface area is 209 Å². The van der Waals surface area contributed by atoms with Gasteiger partial charge in [0, 0.05) is 45.0 Å².